The van der Waals surface area contributed by atoms with Crippen molar-refractivity contribution in [2.45, 2.75) is 51.6 Å². The Morgan fingerprint density at radius 2 is 2.00 bits per heavy atom. The van der Waals surface area contributed by atoms with Crippen molar-refractivity contribution >= 4 is 40.8 Å². The molecule has 0 bridgehead atoms. The standard InChI is InChI=1S/C17H21Cl2NO3/c1-11(23-16(21)9-6-12-4-2-3-5-12)17(22)20-15-10-13(18)7-8-14(15)19/h7-8,10-12H,2-6,9H2,1H3,(H,20,22)/t11-/m0/s1. The highest BCUT2D eigenvalue weighted by atomic mass is 35.5. The van der Waals surface area contributed by atoms with Gasteiger partial charge < -0.3 is 10.1 Å². The van der Waals surface area contributed by atoms with Gasteiger partial charge in [-0.1, -0.05) is 48.9 Å². The molecule has 126 valence electrons. The van der Waals surface area contributed by atoms with Crippen LogP contribution in [0.25, 0.3) is 0 Å². The maximum Gasteiger partial charge on any atom is 0.306 e. The van der Waals surface area contributed by atoms with E-state index < -0.39 is 12.0 Å². The molecule has 1 aromatic carbocycles. The highest BCUT2D eigenvalue weighted by molar-refractivity contribution is 6.35. The van der Waals surface area contributed by atoms with Crippen LogP contribution in [0.2, 0.25) is 10.0 Å². The van der Waals surface area contributed by atoms with Crippen molar-refractivity contribution in [3.63, 3.8) is 0 Å². The fourth-order valence-corrected chi connectivity index (χ4v) is 3.10. The average molecular weight is 358 g/mol. The molecule has 1 amide bonds. The Hall–Kier alpha value is -1.26. The van der Waals surface area contributed by atoms with Gasteiger partial charge in [0.1, 0.15) is 0 Å². The number of nitrogens with one attached hydrogen (secondary N) is 1. The second kappa shape index (κ2) is 8.55. The largest absolute Gasteiger partial charge is 0.453 e. The first kappa shape index (κ1) is 18.1. The summed E-state index contributed by atoms with van der Waals surface area (Å²) >= 11 is 11.9. The van der Waals surface area contributed by atoms with Crippen LogP contribution in [0.15, 0.2) is 18.2 Å². The number of rotatable bonds is 6. The predicted molar refractivity (Wildman–Crippen MR) is 91.8 cm³/mol. The van der Waals surface area contributed by atoms with Gasteiger partial charge in [-0.25, -0.2) is 0 Å². The highest BCUT2D eigenvalue weighted by Crippen LogP contribution is 2.29. The minimum absolute atomic E-state index is 0.336. The van der Waals surface area contributed by atoms with Crippen LogP contribution >= 0.6 is 23.2 Å². The number of esters is 1. The van der Waals surface area contributed by atoms with Gasteiger partial charge in [-0.3, -0.25) is 9.59 Å². The Balaban J connectivity index is 1.79. The molecule has 4 nitrogen and oxygen atoms in total. The van der Waals surface area contributed by atoms with E-state index in [9.17, 15) is 9.59 Å². The molecule has 0 unspecified atom stereocenters. The number of hydrogen-bond acceptors (Lipinski definition) is 3. The van der Waals surface area contributed by atoms with Gasteiger partial charge in [0.25, 0.3) is 5.91 Å². The van der Waals surface area contributed by atoms with Crippen molar-refractivity contribution < 1.29 is 14.3 Å². The zero-order valence-corrected chi connectivity index (χ0v) is 14.6. The van der Waals surface area contributed by atoms with Crippen LogP contribution in [0, 0.1) is 5.92 Å². The molecule has 1 saturated carbocycles. The summed E-state index contributed by atoms with van der Waals surface area (Å²) in [6.07, 6.45) is 5.21. The Kier molecular flexibility index (Phi) is 6.72. The van der Waals surface area contributed by atoms with Crippen LogP contribution < -0.4 is 5.32 Å². The highest BCUT2D eigenvalue weighted by Gasteiger charge is 2.21. The Morgan fingerprint density at radius 1 is 1.30 bits per heavy atom. The normalized spacial score (nSPS) is 16.1. The third kappa shape index (κ3) is 5.70. The average Bonchev–Trinajstić information content (AvgIpc) is 3.02. The molecule has 1 atom stereocenters. The van der Waals surface area contributed by atoms with Crippen molar-refractivity contribution in [3.05, 3.63) is 28.2 Å². The Morgan fingerprint density at radius 3 is 2.70 bits per heavy atom. The molecule has 1 aliphatic carbocycles. The van der Waals surface area contributed by atoms with E-state index in [1.54, 1.807) is 25.1 Å². The lowest BCUT2D eigenvalue weighted by Gasteiger charge is -2.15. The SMILES string of the molecule is C[C@H](OC(=O)CCC1CCCC1)C(=O)Nc1cc(Cl)ccc1Cl. The minimum atomic E-state index is -0.874. The summed E-state index contributed by atoms with van der Waals surface area (Å²) in [6.45, 7) is 1.54. The zero-order chi connectivity index (χ0) is 16.8. The molecule has 1 aliphatic rings. The number of amides is 1. The van der Waals surface area contributed by atoms with Crippen molar-refractivity contribution in [3.8, 4) is 0 Å². The number of anilines is 1. The van der Waals surface area contributed by atoms with Crippen molar-refractivity contribution in [1.29, 1.82) is 0 Å². The maximum atomic E-state index is 12.1. The fraction of sp³-hybridized carbons (Fsp3) is 0.529. The number of carbonyl (C=O) groups excluding carboxylic acids is 2. The van der Waals surface area contributed by atoms with Crippen LogP contribution in [0.3, 0.4) is 0 Å². The van der Waals surface area contributed by atoms with Crippen LogP contribution in [-0.4, -0.2) is 18.0 Å². The van der Waals surface area contributed by atoms with E-state index in [0.29, 0.717) is 28.1 Å². The molecular weight excluding hydrogens is 337 g/mol. The summed E-state index contributed by atoms with van der Waals surface area (Å²) in [5.74, 6) is -0.142. The molecule has 0 aliphatic heterocycles. The molecule has 6 heteroatoms. The van der Waals surface area contributed by atoms with E-state index in [0.717, 1.165) is 6.42 Å². The molecule has 0 saturated heterocycles. The molecule has 0 aromatic heterocycles. The summed E-state index contributed by atoms with van der Waals surface area (Å²) < 4.78 is 5.19. The zero-order valence-electron chi connectivity index (χ0n) is 13.1. The van der Waals surface area contributed by atoms with E-state index >= 15 is 0 Å². The summed E-state index contributed by atoms with van der Waals surface area (Å²) in [5, 5.41) is 3.46. The molecule has 1 fully saturated rings. The predicted octanol–water partition coefficient (Wildman–Crippen LogP) is 4.83. The van der Waals surface area contributed by atoms with Crippen LogP contribution in [-0.2, 0) is 14.3 Å². The number of carbonyl (C=O) groups is 2. The molecule has 0 heterocycles. The van der Waals surface area contributed by atoms with Crippen LogP contribution in [0.5, 0.6) is 0 Å². The monoisotopic (exact) mass is 357 g/mol. The van der Waals surface area contributed by atoms with Gasteiger partial charge in [0.2, 0.25) is 0 Å². The van der Waals surface area contributed by atoms with Gasteiger partial charge in [-0.15, -0.1) is 0 Å². The van der Waals surface area contributed by atoms with E-state index in [4.69, 9.17) is 27.9 Å². The van der Waals surface area contributed by atoms with E-state index in [1.807, 2.05) is 0 Å². The summed E-state index contributed by atoms with van der Waals surface area (Å²) in [5.41, 5.74) is 0.401. The lowest BCUT2D eigenvalue weighted by Crippen LogP contribution is -2.30. The van der Waals surface area contributed by atoms with Gasteiger partial charge in [0, 0.05) is 11.4 Å². The summed E-state index contributed by atoms with van der Waals surface area (Å²) in [6, 6.07) is 4.78. The van der Waals surface area contributed by atoms with Crippen molar-refractivity contribution in [2.24, 2.45) is 5.92 Å². The molecular formula is C17H21Cl2NO3. The first-order valence-corrected chi connectivity index (χ1v) is 8.66. The molecule has 0 spiro atoms. The molecule has 2 rings (SSSR count). The first-order valence-electron chi connectivity index (χ1n) is 7.91. The van der Waals surface area contributed by atoms with E-state index in [1.165, 1.54) is 25.7 Å². The number of ether oxygens (including phenoxy) is 1. The number of hydrogen-bond donors (Lipinski definition) is 1. The Bertz CT molecular complexity index is 571. The van der Waals surface area contributed by atoms with Crippen LogP contribution in [0.1, 0.15) is 45.4 Å². The molecule has 1 N–H and O–H groups in total. The van der Waals surface area contributed by atoms with Gasteiger partial charge in [0.05, 0.1) is 10.7 Å². The van der Waals surface area contributed by atoms with Crippen molar-refractivity contribution in [2.75, 3.05) is 5.32 Å². The van der Waals surface area contributed by atoms with E-state index in [-0.39, 0.29) is 5.97 Å². The second-order valence-corrected chi connectivity index (χ2v) is 6.78. The van der Waals surface area contributed by atoms with Crippen LogP contribution in [0.4, 0.5) is 5.69 Å². The minimum Gasteiger partial charge on any atom is -0.453 e. The van der Waals surface area contributed by atoms with Gasteiger partial charge in [0.15, 0.2) is 6.10 Å². The first-order chi connectivity index (χ1) is 11.0. The lowest BCUT2D eigenvalue weighted by molar-refractivity contribution is -0.153. The van der Waals surface area contributed by atoms with Gasteiger partial charge in [-0.2, -0.15) is 0 Å². The quantitative estimate of drug-likeness (QED) is 0.741. The lowest BCUT2D eigenvalue weighted by atomic mass is 10.0. The fourth-order valence-electron chi connectivity index (χ4n) is 2.76. The van der Waals surface area contributed by atoms with Gasteiger partial charge in [-0.05, 0) is 37.5 Å². The summed E-state index contributed by atoms with van der Waals surface area (Å²) in [4.78, 5) is 23.9. The van der Waals surface area contributed by atoms with E-state index in [2.05, 4.69) is 5.32 Å². The molecule has 0 radical (unpaired) electrons. The van der Waals surface area contributed by atoms with Crippen molar-refractivity contribution in [1.82, 2.24) is 0 Å². The smallest absolute Gasteiger partial charge is 0.306 e. The van der Waals surface area contributed by atoms with Gasteiger partial charge >= 0.3 is 5.97 Å². The molecule has 23 heavy (non-hydrogen) atoms. The maximum absolute atomic E-state index is 12.1. The Labute approximate surface area is 146 Å². The number of halogens is 2. The third-order valence-electron chi connectivity index (χ3n) is 4.10. The molecule has 1 aromatic rings. The number of benzene rings is 1. The third-order valence-corrected chi connectivity index (χ3v) is 4.66. The topological polar surface area (TPSA) is 55.4 Å². The second-order valence-electron chi connectivity index (χ2n) is 5.93. The summed E-state index contributed by atoms with van der Waals surface area (Å²) in [7, 11) is 0.